The number of hydrogen-bond acceptors (Lipinski definition) is 4. The maximum Gasteiger partial charge on any atom is 0.419 e. The van der Waals surface area contributed by atoms with E-state index in [1.54, 1.807) is 31.4 Å². The van der Waals surface area contributed by atoms with Crippen molar-refractivity contribution < 1.29 is 9.21 Å². The lowest BCUT2D eigenvalue weighted by Crippen LogP contribution is -2.40. The van der Waals surface area contributed by atoms with E-state index in [0.717, 1.165) is 32.4 Å². The van der Waals surface area contributed by atoms with E-state index in [1.165, 1.54) is 10.1 Å². The summed E-state index contributed by atoms with van der Waals surface area (Å²) in [7, 11) is 1.65. The average Bonchev–Trinajstić information content (AvgIpc) is 2.96. The Bertz CT molecular complexity index is 990. The molecule has 0 radical (unpaired) electrons. The van der Waals surface area contributed by atoms with Crippen LogP contribution in [0, 0.1) is 5.92 Å². The molecule has 1 aliphatic rings. The minimum atomic E-state index is -0.417. The van der Waals surface area contributed by atoms with E-state index in [-0.39, 0.29) is 5.91 Å². The van der Waals surface area contributed by atoms with E-state index in [0.29, 0.717) is 22.6 Å². The topological polar surface area (TPSA) is 68.3 Å². The van der Waals surface area contributed by atoms with E-state index in [1.807, 2.05) is 17.2 Å². The van der Waals surface area contributed by atoms with Gasteiger partial charge in [-0.2, -0.15) is 0 Å². The summed E-state index contributed by atoms with van der Waals surface area (Å²) in [6, 6.07) is 9.21. The second kappa shape index (κ2) is 6.78. The number of nitrogens with zero attached hydrogens (tertiary/aromatic N) is 3. The van der Waals surface area contributed by atoms with Gasteiger partial charge >= 0.3 is 5.76 Å². The van der Waals surface area contributed by atoms with Gasteiger partial charge in [-0.25, -0.2) is 4.79 Å². The number of rotatable bonds is 3. The molecule has 1 aliphatic heterocycles. The van der Waals surface area contributed by atoms with Crippen molar-refractivity contribution in [3.05, 3.63) is 64.4 Å². The molecule has 3 heterocycles. The van der Waals surface area contributed by atoms with Crippen molar-refractivity contribution in [2.24, 2.45) is 13.0 Å². The third-order valence-electron chi connectivity index (χ3n) is 5.09. The summed E-state index contributed by atoms with van der Waals surface area (Å²) >= 11 is 0. The van der Waals surface area contributed by atoms with E-state index >= 15 is 0 Å². The molecule has 6 nitrogen and oxygen atoms in total. The van der Waals surface area contributed by atoms with Gasteiger partial charge in [0.05, 0.1) is 5.52 Å². The Balaban J connectivity index is 1.52. The van der Waals surface area contributed by atoms with E-state index in [4.69, 9.17) is 4.42 Å². The molecule has 0 aliphatic carbocycles. The van der Waals surface area contributed by atoms with Crippen LogP contribution in [-0.4, -0.2) is 33.4 Å². The van der Waals surface area contributed by atoms with E-state index in [9.17, 15) is 9.59 Å². The molecule has 0 saturated carbocycles. The van der Waals surface area contributed by atoms with Crippen LogP contribution in [0.3, 0.4) is 0 Å². The normalized spacial score (nSPS) is 17.6. The Morgan fingerprint density at radius 3 is 3.04 bits per heavy atom. The van der Waals surface area contributed by atoms with Crippen LogP contribution in [0.4, 0.5) is 0 Å². The predicted octanol–water partition coefficient (Wildman–Crippen LogP) is 2.62. The number of likely N-dealkylation sites (tertiary alicyclic amines) is 1. The summed E-state index contributed by atoms with van der Waals surface area (Å²) in [6.07, 6.45) is 6.73. The summed E-state index contributed by atoms with van der Waals surface area (Å²) in [5.74, 6) is 0.0365. The maximum atomic E-state index is 13.0. The van der Waals surface area contributed by atoms with Crippen LogP contribution in [0.2, 0.25) is 0 Å². The molecule has 2 aromatic heterocycles. The highest BCUT2D eigenvalue weighted by molar-refractivity contribution is 5.97. The van der Waals surface area contributed by atoms with E-state index < -0.39 is 5.76 Å². The number of benzene rings is 1. The molecule has 1 fully saturated rings. The smallest absolute Gasteiger partial charge is 0.408 e. The van der Waals surface area contributed by atoms with Crippen molar-refractivity contribution in [2.75, 3.05) is 13.1 Å². The second-order valence-electron chi connectivity index (χ2n) is 6.93. The average molecular weight is 351 g/mol. The first-order chi connectivity index (χ1) is 12.6. The maximum absolute atomic E-state index is 13.0. The molecule has 4 rings (SSSR count). The van der Waals surface area contributed by atoms with Crippen molar-refractivity contribution >= 4 is 17.0 Å². The molecule has 3 aromatic rings. The highest BCUT2D eigenvalue weighted by Crippen LogP contribution is 2.23. The predicted molar refractivity (Wildman–Crippen MR) is 98.0 cm³/mol. The molecule has 1 amide bonds. The summed E-state index contributed by atoms with van der Waals surface area (Å²) in [6.45, 7) is 1.51. The van der Waals surface area contributed by atoms with Crippen LogP contribution < -0.4 is 5.76 Å². The van der Waals surface area contributed by atoms with Crippen LogP contribution in [-0.2, 0) is 13.5 Å². The number of amides is 1. The Morgan fingerprint density at radius 2 is 2.23 bits per heavy atom. The standard InChI is InChI=1S/C20H21N3O3/c1-22-17-11-16(6-7-18(17)26-20(22)25)19(24)23-9-3-5-15(13-23)10-14-4-2-8-21-12-14/h2,4,6-8,11-12,15H,3,5,9-10,13H2,1H3/t15-/m0/s1. The molecule has 0 unspecified atom stereocenters. The third-order valence-corrected chi connectivity index (χ3v) is 5.09. The van der Waals surface area contributed by atoms with Crippen molar-refractivity contribution in [3.63, 3.8) is 0 Å². The number of aromatic nitrogens is 2. The van der Waals surface area contributed by atoms with Crippen molar-refractivity contribution in [3.8, 4) is 0 Å². The van der Waals surface area contributed by atoms with Crippen LogP contribution in [0.1, 0.15) is 28.8 Å². The highest BCUT2D eigenvalue weighted by Gasteiger charge is 2.25. The lowest BCUT2D eigenvalue weighted by atomic mass is 9.91. The number of pyridine rings is 1. The van der Waals surface area contributed by atoms with E-state index in [2.05, 4.69) is 11.1 Å². The van der Waals surface area contributed by atoms with Crippen LogP contribution in [0.25, 0.3) is 11.1 Å². The van der Waals surface area contributed by atoms with Gasteiger partial charge < -0.3 is 9.32 Å². The molecule has 0 bridgehead atoms. The van der Waals surface area contributed by atoms with Gasteiger partial charge in [-0.05, 0) is 55.0 Å². The minimum Gasteiger partial charge on any atom is -0.408 e. The largest absolute Gasteiger partial charge is 0.419 e. The van der Waals surface area contributed by atoms with Crippen molar-refractivity contribution in [2.45, 2.75) is 19.3 Å². The van der Waals surface area contributed by atoms with Gasteiger partial charge in [0.25, 0.3) is 5.91 Å². The first-order valence-corrected chi connectivity index (χ1v) is 8.89. The SMILES string of the molecule is Cn1c(=O)oc2ccc(C(=O)N3CCC[C@@H](Cc4cccnc4)C3)cc21. The number of carbonyl (C=O) groups excluding carboxylic acids is 1. The second-order valence-corrected chi connectivity index (χ2v) is 6.93. The Kier molecular flexibility index (Phi) is 4.32. The first kappa shape index (κ1) is 16.6. The van der Waals surface area contributed by atoms with Crippen molar-refractivity contribution in [1.29, 1.82) is 0 Å². The van der Waals surface area contributed by atoms with Crippen LogP contribution in [0.5, 0.6) is 0 Å². The molecule has 0 spiro atoms. The number of carbonyl (C=O) groups is 1. The van der Waals surface area contributed by atoms with Crippen molar-refractivity contribution in [1.82, 2.24) is 14.5 Å². The van der Waals surface area contributed by atoms with Crippen LogP contribution in [0.15, 0.2) is 51.9 Å². The molecular weight excluding hydrogens is 330 g/mol. The lowest BCUT2D eigenvalue weighted by Gasteiger charge is -2.33. The fourth-order valence-corrected chi connectivity index (χ4v) is 3.71. The number of hydrogen-bond donors (Lipinski definition) is 0. The van der Waals surface area contributed by atoms with Gasteiger partial charge in [0.1, 0.15) is 0 Å². The zero-order valence-corrected chi connectivity index (χ0v) is 14.7. The molecule has 6 heteroatoms. The van der Waals surface area contributed by atoms with Crippen LogP contribution >= 0.6 is 0 Å². The monoisotopic (exact) mass is 351 g/mol. The molecule has 1 saturated heterocycles. The molecule has 26 heavy (non-hydrogen) atoms. The molecule has 0 N–H and O–H groups in total. The number of piperidine rings is 1. The summed E-state index contributed by atoms with van der Waals surface area (Å²) < 4.78 is 6.56. The zero-order chi connectivity index (χ0) is 18.1. The van der Waals surface area contributed by atoms with Gasteiger partial charge in [0, 0.05) is 38.1 Å². The lowest BCUT2D eigenvalue weighted by molar-refractivity contribution is 0.0673. The fourth-order valence-electron chi connectivity index (χ4n) is 3.71. The van der Waals surface area contributed by atoms with Gasteiger partial charge in [-0.3, -0.25) is 14.3 Å². The van der Waals surface area contributed by atoms with Gasteiger partial charge in [-0.15, -0.1) is 0 Å². The summed E-state index contributed by atoms with van der Waals surface area (Å²) in [4.78, 5) is 30.7. The third kappa shape index (κ3) is 3.14. The molecule has 1 atom stereocenters. The minimum absolute atomic E-state index is 0.0106. The Labute approximate surface area is 151 Å². The highest BCUT2D eigenvalue weighted by atomic mass is 16.4. The molecule has 1 aromatic carbocycles. The first-order valence-electron chi connectivity index (χ1n) is 8.89. The Morgan fingerprint density at radius 1 is 1.35 bits per heavy atom. The number of oxazole rings is 1. The quantitative estimate of drug-likeness (QED) is 0.727. The summed E-state index contributed by atoms with van der Waals surface area (Å²) in [5, 5.41) is 0. The summed E-state index contributed by atoms with van der Waals surface area (Å²) in [5.41, 5.74) is 2.95. The van der Waals surface area contributed by atoms with Gasteiger partial charge in [0.2, 0.25) is 0 Å². The zero-order valence-electron chi connectivity index (χ0n) is 14.7. The van der Waals surface area contributed by atoms with Gasteiger partial charge in [-0.1, -0.05) is 6.07 Å². The molecule has 134 valence electrons. The number of fused-ring (bicyclic) bond motifs is 1. The Hall–Kier alpha value is -2.89. The number of aryl methyl sites for hydroxylation is 1. The molecular formula is C20H21N3O3. The van der Waals surface area contributed by atoms with Gasteiger partial charge in [0.15, 0.2) is 5.58 Å². The fraction of sp³-hybridized carbons (Fsp3) is 0.350.